The third-order valence-corrected chi connectivity index (χ3v) is 4.85. The first kappa shape index (κ1) is 13.6. The van der Waals surface area contributed by atoms with Gasteiger partial charge in [0.1, 0.15) is 0 Å². The zero-order valence-corrected chi connectivity index (χ0v) is 12.7. The van der Waals surface area contributed by atoms with Gasteiger partial charge in [0.25, 0.3) is 0 Å². The summed E-state index contributed by atoms with van der Waals surface area (Å²) in [5, 5.41) is 5.79. The third kappa shape index (κ3) is 2.59. The normalized spacial score (nSPS) is 21.1. The van der Waals surface area contributed by atoms with Crippen molar-refractivity contribution in [2.24, 2.45) is 5.92 Å². The lowest BCUT2D eigenvalue weighted by atomic mass is 9.85. The Labute approximate surface area is 126 Å². The maximum absolute atomic E-state index is 12.0. The topological polar surface area (TPSA) is 58.2 Å². The number of amides is 2. The van der Waals surface area contributed by atoms with E-state index in [2.05, 4.69) is 26.6 Å². The van der Waals surface area contributed by atoms with Crippen molar-refractivity contribution in [3.05, 3.63) is 28.2 Å². The minimum atomic E-state index is -0.371. The lowest BCUT2D eigenvalue weighted by molar-refractivity contribution is -0.125. The molecular weight excluding hydrogens is 320 g/mol. The van der Waals surface area contributed by atoms with Crippen molar-refractivity contribution in [3.63, 3.8) is 0 Å². The number of fused-ring (bicyclic) bond motifs is 1. The van der Waals surface area contributed by atoms with E-state index in [0.29, 0.717) is 5.92 Å². The number of para-hydroxylation sites is 1. The van der Waals surface area contributed by atoms with E-state index in [4.69, 9.17) is 0 Å². The van der Waals surface area contributed by atoms with Crippen molar-refractivity contribution in [2.75, 3.05) is 11.9 Å². The molecule has 1 aliphatic heterocycles. The monoisotopic (exact) mass is 336 g/mol. The van der Waals surface area contributed by atoms with Crippen LogP contribution < -0.4 is 10.6 Å². The van der Waals surface area contributed by atoms with Gasteiger partial charge in [0.05, 0.1) is 11.6 Å². The van der Waals surface area contributed by atoms with Crippen molar-refractivity contribution < 1.29 is 9.59 Å². The van der Waals surface area contributed by atoms with Crippen LogP contribution in [0.15, 0.2) is 22.7 Å². The van der Waals surface area contributed by atoms with Gasteiger partial charge in [-0.15, -0.1) is 0 Å². The molecule has 1 unspecified atom stereocenters. The first-order valence-corrected chi connectivity index (χ1v) is 7.80. The molecule has 4 nitrogen and oxygen atoms in total. The summed E-state index contributed by atoms with van der Waals surface area (Å²) in [5.74, 6) is 0.136. The van der Waals surface area contributed by atoms with Gasteiger partial charge in [0.2, 0.25) is 11.8 Å². The van der Waals surface area contributed by atoms with Gasteiger partial charge in [0.15, 0.2) is 0 Å². The summed E-state index contributed by atoms with van der Waals surface area (Å²) >= 11 is 3.42. The predicted octanol–water partition coefficient (Wildman–Crippen LogP) is 2.79. The highest BCUT2D eigenvalue weighted by molar-refractivity contribution is 9.10. The zero-order valence-electron chi connectivity index (χ0n) is 11.1. The van der Waals surface area contributed by atoms with Crippen LogP contribution in [0.5, 0.6) is 0 Å². The first-order valence-electron chi connectivity index (χ1n) is 7.01. The van der Waals surface area contributed by atoms with Crippen molar-refractivity contribution in [1.82, 2.24) is 5.32 Å². The van der Waals surface area contributed by atoms with E-state index in [1.807, 2.05) is 18.2 Å². The summed E-state index contributed by atoms with van der Waals surface area (Å²) in [7, 11) is 0. The molecule has 2 amide bonds. The molecule has 0 aromatic heterocycles. The molecule has 1 saturated carbocycles. The lowest BCUT2D eigenvalue weighted by Gasteiger charge is -2.25. The van der Waals surface area contributed by atoms with E-state index in [1.165, 1.54) is 19.3 Å². The number of rotatable bonds is 4. The Bertz CT molecular complexity index is 555. The number of carbonyl (C=O) groups excluding carboxylic acids is 2. The smallest absolute Gasteiger partial charge is 0.232 e. The van der Waals surface area contributed by atoms with Crippen molar-refractivity contribution in [2.45, 2.75) is 31.6 Å². The van der Waals surface area contributed by atoms with E-state index < -0.39 is 0 Å². The number of benzene rings is 1. The minimum Gasteiger partial charge on any atom is -0.356 e. The minimum absolute atomic E-state index is 0.0372. The second kappa shape index (κ2) is 5.56. The summed E-state index contributed by atoms with van der Waals surface area (Å²) < 4.78 is 0.862. The van der Waals surface area contributed by atoms with Crippen molar-refractivity contribution in [1.29, 1.82) is 0 Å². The zero-order chi connectivity index (χ0) is 14.1. The highest BCUT2D eigenvalue weighted by Gasteiger charge is 2.33. The Morgan fingerprint density at radius 2 is 2.20 bits per heavy atom. The van der Waals surface area contributed by atoms with E-state index >= 15 is 0 Å². The number of nitrogens with one attached hydrogen (secondary N) is 2. The van der Waals surface area contributed by atoms with Crippen LogP contribution in [-0.2, 0) is 9.59 Å². The molecule has 1 heterocycles. The van der Waals surface area contributed by atoms with Crippen LogP contribution in [0.3, 0.4) is 0 Å². The molecule has 1 aromatic carbocycles. The molecule has 2 aliphatic rings. The van der Waals surface area contributed by atoms with Crippen LogP contribution in [-0.4, -0.2) is 18.4 Å². The van der Waals surface area contributed by atoms with Crippen molar-refractivity contribution >= 4 is 33.4 Å². The molecule has 3 rings (SSSR count). The van der Waals surface area contributed by atoms with Gasteiger partial charge < -0.3 is 10.6 Å². The Balaban J connectivity index is 1.64. The van der Waals surface area contributed by atoms with Crippen LogP contribution in [0.4, 0.5) is 5.69 Å². The average molecular weight is 337 g/mol. The average Bonchev–Trinajstić information content (AvgIpc) is 2.66. The van der Waals surface area contributed by atoms with E-state index in [1.54, 1.807) is 0 Å². The molecule has 0 spiro atoms. The number of anilines is 1. The van der Waals surface area contributed by atoms with Gasteiger partial charge in [-0.1, -0.05) is 18.6 Å². The van der Waals surface area contributed by atoms with Crippen LogP contribution >= 0.6 is 15.9 Å². The molecule has 1 aromatic rings. The maximum Gasteiger partial charge on any atom is 0.232 e. The quantitative estimate of drug-likeness (QED) is 0.888. The molecule has 106 valence electrons. The summed E-state index contributed by atoms with van der Waals surface area (Å²) in [6, 6.07) is 5.68. The maximum atomic E-state index is 12.0. The van der Waals surface area contributed by atoms with Gasteiger partial charge in [0, 0.05) is 17.4 Å². The molecule has 2 N–H and O–H groups in total. The molecule has 0 bridgehead atoms. The Morgan fingerprint density at radius 1 is 1.40 bits per heavy atom. The molecule has 1 fully saturated rings. The van der Waals surface area contributed by atoms with Gasteiger partial charge in [-0.2, -0.15) is 0 Å². The highest BCUT2D eigenvalue weighted by Crippen LogP contribution is 2.39. The first-order chi connectivity index (χ1) is 9.65. The number of carbonyl (C=O) groups is 2. The largest absolute Gasteiger partial charge is 0.356 e. The van der Waals surface area contributed by atoms with Gasteiger partial charge in [-0.05, 0) is 46.3 Å². The molecule has 1 aliphatic carbocycles. The second-order valence-corrected chi connectivity index (χ2v) is 6.41. The fourth-order valence-electron chi connectivity index (χ4n) is 2.73. The number of hydrogen-bond donors (Lipinski definition) is 2. The summed E-state index contributed by atoms with van der Waals surface area (Å²) in [5.41, 5.74) is 1.71. The van der Waals surface area contributed by atoms with E-state index in [-0.39, 0.29) is 24.2 Å². The molecule has 20 heavy (non-hydrogen) atoms. The van der Waals surface area contributed by atoms with E-state index in [0.717, 1.165) is 22.3 Å². The number of hydrogen-bond acceptors (Lipinski definition) is 2. The lowest BCUT2D eigenvalue weighted by Crippen LogP contribution is -2.33. The van der Waals surface area contributed by atoms with Crippen molar-refractivity contribution in [3.8, 4) is 0 Å². The Morgan fingerprint density at radius 3 is 2.90 bits per heavy atom. The molecule has 5 heteroatoms. The molecule has 0 saturated heterocycles. The molecule has 0 radical (unpaired) electrons. The van der Waals surface area contributed by atoms with E-state index in [9.17, 15) is 9.59 Å². The third-order valence-electron chi connectivity index (χ3n) is 4.19. The van der Waals surface area contributed by atoms with Gasteiger partial charge in [-0.25, -0.2) is 0 Å². The number of halogens is 1. The molecule has 1 atom stereocenters. The van der Waals surface area contributed by atoms with Gasteiger partial charge >= 0.3 is 0 Å². The Kier molecular flexibility index (Phi) is 3.78. The van der Waals surface area contributed by atoms with Crippen LogP contribution in [0, 0.1) is 5.92 Å². The second-order valence-electron chi connectivity index (χ2n) is 5.55. The SMILES string of the molecule is O=C(CC1C(=O)Nc2c(Br)cccc21)NCC1CCC1. The molecular formula is C15H17BrN2O2. The summed E-state index contributed by atoms with van der Waals surface area (Å²) in [4.78, 5) is 24.0. The van der Waals surface area contributed by atoms with Crippen LogP contribution in [0.25, 0.3) is 0 Å². The summed E-state index contributed by atoms with van der Waals surface area (Å²) in [6.07, 6.45) is 3.91. The standard InChI is InChI=1S/C15H17BrN2O2/c16-12-6-2-5-10-11(15(20)18-14(10)12)7-13(19)17-8-9-3-1-4-9/h2,5-6,9,11H,1,3-4,7-8H2,(H,17,19)(H,18,20). The van der Waals surface area contributed by atoms with Crippen LogP contribution in [0.1, 0.15) is 37.2 Å². The Hall–Kier alpha value is -1.36. The fraction of sp³-hybridized carbons (Fsp3) is 0.467. The highest BCUT2D eigenvalue weighted by atomic mass is 79.9. The van der Waals surface area contributed by atoms with Crippen LogP contribution in [0.2, 0.25) is 0 Å². The fourth-order valence-corrected chi connectivity index (χ4v) is 3.21. The van der Waals surface area contributed by atoms with Gasteiger partial charge in [-0.3, -0.25) is 9.59 Å². The predicted molar refractivity (Wildman–Crippen MR) is 80.5 cm³/mol. The summed E-state index contributed by atoms with van der Waals surface area (Å²) in [6.45, 7) is 0.749.